The molecule has 150 valence electrons. The summed E-state index contributed by atoms with van der Waals surface area (Å²) in [7, 11) is 0. The maximum Gasteiger partial charge on any atom is 0.258 e. The van der Waals surface area contributed by atoms with Gasteiger partial charge in [0, 0.05) is 17.8 Å². The van der Waals surface area contributed by atoms with Crippen LogP contribution in [0, 0.1) is 0 Å². The highest BCUT2D eigenvalue weighted by atomic mass is 16.5. The Morgan fingerprint density at radius 2 is 1.83 bits per heavy atom. The Morgan fingerprint density at radius 1 is 1.07 bits per heavy atom. The third-order valence-electron chi connectivity index (χ3n) is 4.76. The van der Waals surface area contributed by atoms with Gasteiger partial charge in [-0.1, -0.05) is 63.2 Å². The lowest BCUT2D eigenvalue weighted by Crippen LogP contribution is -2.32. The van der Waals surface area contributed by atoms with E-state index < -0.39 is 0 Å². The van der Waals surface area contributed by atoms with Crippen LogP contribution in [-0.2, 0) is 0 Å². The second-order valence-electron chi connectivity index (χ2n) is 7.39. The van der Waals surface area contributed by atoms with Crippen molar-refractivity contribution in [3.63, 3.8) is 0 Å². The fraction of sp³-hybridized carbons (Fsp3) is 0.292. The third-order valence-corrected chi connectivity index (χ3v) is 4.76. The van der Waals surface area contributed by atoms with Gasteiger partial charge in [0.05, 0.1) is 0 Å². The van der Waals surface area contributed by atoms with Gasteiger partial charge in [-0.2, -0.15) is 4.98 Å². The molecule has 1 amide bonds. The highest BCUT2D eigenvalue weighted by Gasteiger charge is 2.19. The van der Waals surface area contributed by atoms with E-state index in [0.717, 1.165) is 17.5 Å². The molecule has 0 fully saturated rings. The van der Waals surface area contributed by atoms with E-state index in [0.29, 0.717) is 23.1 Å². The largest absolute Gasteiger partial charge is 0.438 e. The first-order valence-corrected chi connectivity index (χ1v) is 9.99. The summed E-state index contributed by atoms with van der Waals surface area (Å²) in [6, 6.07) is 17.5. The summed E-state index contributed by atoms with van der Waals surface area (Å²) in [6.07, 6.45) is 2.37. The molecule has 0 aliphatic rings. The fourth-order valence-corrected chi connectivity index (χ4v) is 2.78. The molecule has 0 aliphatic heterocycles. The van der Waals surface area contributed by atoms with Crippen molar-refractivity contribution in [3.8, 4) is 23.0 Å². The van der Waals surface area contributed by atoms with Gasteiger partial charge in [-0.25, -0.2) is 4.98 Å². The average Bonchev–Trinajstić information content (AvgIpc) is 2.74. The Kier molecular flexibility index (Phi) is 6.60. The Bertz CT molecular complexity index is 971. The highest BCUT2D eigenvalue weighted by molar-refractivity contribution is 5.96. The number of ether oxygens (including phenoxy) is 1. The van der Waals surface area contributed by atoms with Crippen molar-refractivity contribution in [2.24, 2.45) is 0 Å². The number of hydrogen-bond donors (Lipinski definition) is 1. The van der Waals surface area contributed by atoms with Crippen molar-refractivity contribution in [3.05, 3.63) is 71.9 Å². The topological polar surface area (TPSA) is 64.1 Å². The predicted molar refractivity (Wildman–Crippen MR) is 115 cm³/mol. The van der Waals surface area contributed by atoms with Gasteiger partial charge in [-0.05, 0) is 37.0 Å². The molecular formula is C24H27N3O2. The minimum atomic E-state index is -0.242. The van der Waals surface area contributed by atoms with E-state index in [1.54, 1.807) is 0 Å². The van der Waals surface area contributed by atoms with Crippen molar-refractivity contribution in [1.29, 1.82) is 0 Å². The molecule has 0 bridgehead atoms. The van der Waals surface area contributed by atoms with Crippen LogP contribution in [0.1, 0.15) is 56.0 Å². The van der Waals surface area contributed by atoms with Crippen molar-refractivity contribution in [2.45, 2.75) is 46.1 Å². The number of carbonyl (C=O) groups is 1. The summed E-state index contributed by atoms with van der Waals surface area (Å²) in [6.45, 7) is 8.24. The normalized spacial score (nSPS) is 11.9. The molecule has 5 heteroatoms. The fourth-order valence-electron chi connectivity index (χ4n) is 2.78. The van der Waals surface area contributed by atoms with E-state index in [4.69, 9.17) is 4.74 Å². The molecule has 3 rings (SSSR count). The van der Waals surface area contributed by atoms with E-state index >= 15 is 0 Å². The lowest BCUT2D eigenvalue weighted by molar-refractivity contribution is 0.0936. The minimum absolute atomic E-state index is 0.0495. The molecule has 0 aliphatic carbocycles. The molecule has 1 atom stereocenters. The van der Waals surface area contributed by atoms with Crippen LogP contribution in [0.25, 0.3) is 11.4 Å². The Labute approximate surface area is 172 Å². The van der Waals surface area contributed by atoms with Crippen molar-refractivity contribution < 1.29 is 9.53 Å². The molecule has 0 saturated carbocycles. The maximum absolute atomic E-state index is 12.8. The van der Waals surface area contributed by atoms with Crippen LogP contribution in [0.4, 0.5) is 0 Å². The summed E-state index contributed by atoms with van der Waals surface area (Å²) in [5.74, 6) is 1.54. The summed E-state index contributed by atoms with van der Waals surface area (Å²) in [5, 5.41) is 2.96. The van der Waals surface area contributed by atoms with Crippen molar-refractivity contribution in [1.82, 2.24) is 15.3 Å². The first-order valence-electron chi connectivity index (χ1n) is 9.99. The minimum Gasteiger partial charge on any atom is -0.438 e. The zero-order chi connectivity index (χ0) is 20.8. The second kappa shape index (κ2) is 9.32. The van der Waals surface area contributed by atoms with E-state index in [1.807, 2.05) is 62.4 Å². The number of carbonyl (C=O) groups excluding carboxylic acids is 1. The number of hydrogen-bond acceptors (Lipinski definition) is 4. The van der Waals surface area contributed by atoms with E-state index in [2.05, 4.69) is 35.2 Å². The van der Waals surface area contributed by atoms with E-state index in [9.17, 15) is 4.79 Å². The molecule has 0 unspecified atom stereocenters. The molecule has 3 aromatic rings. The maximum atomic E-state index is 12.8. The summed E-state index contributed by atoms with van der Waals surface area (Å²) >= 11 is 0. The number of benzene rings is 2. The average molecular weight is 389 g/mol. The standard InChI is InChI=1S/C24H27N3O2/c1-5-17(4)26-23(28)21-15-25-22(18-10-7-6-8-11-18)27-24(21)29-20-13-9-12-19(14-20)16(2)3/h6-17H,5H2,1-4H3,(H,26,28)/t17-/m0/s1. The Morgan fingerprint density at radius 3 is 2.52 bits per heavy atom. The molecule has 29 heavy (non-hydrogen) atoms. The SMILES string of the molecule is CC[C@H](C)NC(=O)c1cnc(-c2ccccc2)nc1Oc1cccc(C(C)C)c1. The first-order chi connectivity index (χ1) is 14.0. The van der Waals surface area contributed by atoms with Crippen molar-refractivity contribution >= 4 is 5.91 Å². The van der Waals surface area contributed by atoms with Crippen LogP contribution in [-0.4, -0.2) is 21.9 Å². The van der Waals surface area contributed by atoms with Crippen LogP contribution < -0.4 is 10.1 Å². The van der Waals surface area contributed by atoms with Gasteiger partial charge in [-0.15, -0.1) is 0 Å². The van der Waals surface area contributed by atoms with Crippen LogP contribution in [0.15, 0.2) is 60.8 Å². The smallest absolute Gasteiger partial charge is 0.258 e. The predicted octanol–water partition coefficient (Wildman–Crippen LogP) is 5.59. The third kappa shape index (κ3) is 5.19. The molecule has 1 aromatic heterocycles. The number of amides is 1. The first kappa shape index (κ1) is 20.5. The van der Waals surface area contributed by atoms with Gasteiger partial charge in [0.15, 0.2) is 5.82 Å². The molecule has 2 aromatic carbocycles. The van der Waals surface area contributed by atoms with Gasteiger partial charge >= 0.3 is 0 Å². The molecule has 5 nitrogen and oxygen atoms in total. The summed E-state index contributed by atoms with van der Waals surface area (Å²) in [5.41, 5.74) is 2.34. The Balaban J connectivity index is 2.00. The quantitative estimate of drug-likeness (QED) is 0.572. The molecule has 0 spiro atoms. The molecule has 0 saturated heterocycles. The molecule has 1 N–H and O–H groups in total. The zero-order valence-electron chi connectivity index (χ0n) is 17.3. The molecule has 0 radical (unpaired) electrons. The van der Waals surface area contributed by atoms with Gasteiger partial charge < -0.3 is 10.1 Å². The molecule has 1 heterocycles. The van der Waals surface area contributed by atoms with Crippen LogP contribution in [0.3, 0.4) is 0 Å². The van der Waals surface area contributed by atoms with Crippen LogP contribution in [0.5, 0.6) is 11.6 Å². The number of nitrogens with one attached hydrogen (secondary N) is 1. The van der Waals surface area contributed by atoms with Gasteiger partial charge in [0.1, 0.15) is 11.3 Å². The summed E-state index contributed by atoms with van der Waals surface area (Å²) < 4.78 is 6.09. The van der Waals surface area contributed by atoms with Crippen molar-refractivity contribution in [2.75, 3.05) is 0 Å². The van der Waals surface area contributed by atoms with E-state index in [1.165, 1.54) is 6.20 Å². The number of nitrogens with zero attached hydrogens (tertiary/aromatic N) is 2. The van der Waals surface area contributed by atoms with Crippen LogP contribution in [0.2, 0.25) is 0 Å². The Hall–Kier alpha value is -3.21. The lowest BCUT2D eigenvalue weighted by Gasteiger charge is -2.15. The lowest BCUT2D eigenvalue weighted by atomic mass is 10.0. The summed E-state index contributed by atoms with van der Waals surface area (Å²) in [4.78, 5) is 21.7. The second-order valence-corrected chi connectivity index (χ2v) is 7.39. The number of rotatable bonds is 7. The van der Waals surface area contributed by atoms with Gasteiger partial charge in [0.2, 0.25) is 5.88 Å². The number of aromatic nitrogens is 2. The highest BCUT2D eigenvalue weighted by Crippen LogP contribution is 2.28. The monoisotopic (exact) mass is 389 g/mol. The van der Waals surface area contributed by atoms with Crippen LogP contribution >= 0.6 is 0 Å². The van der Waals surface area contributed by atoms with Gasteiger partial charge in [0.25, 0.3) is 5.91 Å². The molecular weight excluding hydrogens is 362 g/mol. The zero-order valence-corrected chi connectivity index (χ0v) is 17.3. The van der Waals surface area contributed by atoms with Gasteiger partial charge in [-0.3, -0.25) is 4.79 Å². The van der Waals surface area contributed by atoms with E-state index in [-0.39, 0.29) is 17.8 Å².